The van der Waals surface area contributed by atoms with Crippen LogP contribution in [0.15, 0.2) is 36.4 Å². The van der Waals surface area contributed by atoms with E-state index >= 15 is 0 Å². The van der Waals surface area contributed by atoms with Gasteiger partial charge in [0.1, 0.15) is 0 Å². The van der Waals surface area contributed by atoms with E-state index in [-0.39, 0.29) is 30.9 Å². The highest BCUT2D eigenvalue weighted by Crippen LogP contribution is 2.39. The Morgan fingerprint density at radius 1 is 1.09 bits per heavy atom. The minimum atomic E-state index is -0.292. The quantitative estimate of drug-likeness (QED) is 0.569. The molecule has 3 rings (SSSR count). The molecule has 1 N–H and O–H groups in total. The Kier molecular flexibility index (Phi) is 8.33. The van der Waals surface area contributed by atoms with E-state index in [4.69, 9.17) is 14.2 Å². The van der Waals surface area contributed by atoms with Crippen LogP contribution in [0.5, 0.6) is 11.5 Å². The van der Waals surface area contributed by atoms with Gasteiger partial charge in [-0.25, -0.2) is 0 Å². The maximum Gasteiger partial charge on any atom is 0.307 e. The van der Waals surface area contributed by atoms with Crippen molar-refractivity contribution in [2.75, 3.05) is 39.2 Å². The third-order valence-corrected chi connectivity index (χ3v) is 5.99. The number of benzene rings is 2. The van der Waals surface area contributed by atoms with Crippen molar-refractivity contribution in [3.8, 4) is 11.5 Å². The van der Waals surface area contributed by atoms with Crippen molar-refractivity contribution < 1.29 is 23.8 Å². The molecule has 1 heterocycles. The second kappa shape index (κ2) is 11.2. The minimum absolute atomic E-state index is 0.120. The van der Waals surface area contributed by atoms with Crippen LogP contribution in [0.4, 0.5) is 5.69 Å². The molecule has 1 atom stereocenters. The van der Waals surface area contributed by atoms with Crippen molar-refractivity contribution in [2.24, 2.45) is 0 Å². The lowest BCUT2D eigenvalue weighted by molar-refractivity contribution is -0.145. The standard InChI is InChI=1S/C26H34N2O5/c1-6-33-26(30)15-22-21-14-24(32-5)23(31-4)13-19(21)11-12-28(22)16-25(29)27-20-9-7-18(8-10-20)17(2)3/h7-10,13-14,17,22H,6,11-12,15-16H2,1-5H3,(H,27,29)/t22-/m1/s1. The number of ether oxygens (including phenoxy) is 3. The predicted octanol–water partition coefficient (Wildman–Crippen LogP) is 4.32. The van der Waals surface area contributed by atoms with Crippen LogP contribution in [-0.2, 0) is 20.7 Å². The molecule has 7 nitrogen and oxygen atoms in total. The summed E-state index contributed by atoms with van der Waals surface area (Å²) < 4.78 is 16.1. The third-order valence-electron chi connectivity index (χ3n) is 5.99. The number of esters is 1. The van der Waals surface area contributed by atoms with Crippen LogP contribution in [-0.4, -0.2) is 50.7 Å². The van der Waals surface area contributed by atoms with E-state index in [1.165, 1.54) is 5.56 Å². The average molecular weight is 455 g/mol. The van der Waals surface area contributed by atoms with Crippen molar-refractivity contribution >= 4 is 17.6 Å². The van der Waals surface area contributed by atoms with Gasteiger partial charge in [0.25, 0.3) is 0 Å². The monoisotopic (exact) mass is 454 g/mol. The lowest BCUT2D eigenvalue weighted by Crippen LogP contribution is -2.41. The van der Waals surface area contributed by atoms with Gasteiger partial charge in [0, 0.05) is 18.3 Å². The Morgan fingerprint density at radius 3 is 2.36 bits per heavy atom. The van der Waals surface area contributed by atoms with Crippen LogP contribution in [0.25, 0.3) is 0 Å². The summed E-state index contributed by atoms with van der Waals surface area (Å²) in [5.41, 5.74) is 4.03. The second-order valence-electron chi connectivity index (χ2n) is 8.48. The smallest absolute Gasteiger partial charge is 0.307 e. The fraction of sp³-hybridized carbons (Fsp3) is 0.462. The molecule has 2 aromatic rings. The molecule has 0 bridgehead atoms. The molecule has 0 spiro atoms. The molecule has 0 fully saturated rings. The van der Waals surface area contributed by atoms with Gasteiger partial charge in [-0.15, -0.1) is 0 Å². The lowest BCUT2D eigenvalue weighted by Gasteiger charge is -2.37. The number of hydrogen-bond acceptors (Lipinski definition) is 6. The van der Waals surface area contributed by atoms with Gasteiger partial charge in [0.15, 0.2) is 11.5 Å². The fourth-order valence-corrected chi connectivity index (χ4v) is 4.22. The van der Waals surface area contributed by atoms with Crippen LogP contribution >= 0.6 is 0 Å². The molecule has 1 aliphatic heterocycles. The van der Waals surface area contributed by atoms with E-state index in [0.29, 0.717) is 30.6 Å². The normalized spacial score (nSPS) is 15.6. The Bertz CT molecular complexity index is 971. The van der Waals surface area contributed by atoms with E-state index < -0.39 is 0 Å². The maximum atomic E-state index is 12.9. The third kappa shape index (κ3) is 6.05. The Labute approximate surface area is 196 Å². The van der Waals surface area contributed by atoms with Crippen molar-refractivity contribution in [1.82, 2.24) is 4.90 Å². The SMILES string of the molecule is CCOC(=O)C[C@@H]1c2cc(OC)c(OC)cc2CCN1CC(=O)Nc1ccc(C(C)C)cc1. The van der Waals surface area contributed by atoms with Gasteiger partial charge in [0.2, 0.25) is 5.91 Å². The van der Waals surface area contributed by atoms with Crippen LogP contribution in [0.1, 0.15) is 55.8 Å². The fourth-order valence-electron chi connectivity index (χ4n) is 4.22. The van der Waals surface area contributed by atoms with Gasteiger partial charge in [-0.1, -0.05) is 26.0 Å². The van der Waals surface area contributed by atoms with Gasteiger partial charge in [-0.2, -0.15) is 0 Å². The summed E-state index contributed by atoms with van der Waals surface area (Å²) in [7, 11) is 3.19. The van der Waals surface area contributed by atoms with E-state index in [2.05, 4.69) is 19.2 Å². The summed E-state index contributed by atoms with van der Waals surface area (Å²) in [6.07, 6.45) is 0.901. The highest BCUT2D eigenvalue weighted by molar-refractivity contribution is 5.92. The Morgan fingerprint density at radius 2 is 1.76 bits per heavy atom. The van der Waals surface area contributed by atoms with Crippen LogP contribution < -0.4 is 14.8 Å². The van der Waals surface area contributed by atoms with E-state index in [1.807, 2.05) is 41.3 Å². The molecule has 0 unspecified atom stereocenters. The molecule has 7 heteroatoms. The number of nitrogens with zero attached hydrogens (tertiary/aromatic N) is 1. The molecule has 2 aromatic carbocycles. The molecule has 1 aliphatic rings. The number of anilines is 1. The van der Waals surface area contributed by atoms with E-state index in [9.17, 15) is 9.59 Å². The summed E-state index contributed by atoms with van der Waals surface area (Å²) in [5, 5.41) is 2.98. The molecule has 0 radical (unpaired) electrons. The number of carbonyl (C=O) groups is 2. The number of fused-ring (bicyclic) bond motifs is 1. The highest BCUT2D eigenvalue weighted by atomic mass is 16.5. The molecule has 33 heavy (non-hydrogen) atoms. The minimum Gasteiger partial charge on any atom is -0.493 e. The number of methoxy groups -OCH3 is 2. The largest absolute Gasteiger partial charge is 0.493 e. The molecule has 0 saturated heterocycles. The molecule has 1 amide bonds. The van der Waals surface area contributed by atoms with Crippen molar-refractivity contribution in [3.05, 3.63) is 53.1 Å². The molecule has 0 saturated carbocycles. The van der Waals surface area contributed by atoms with Gasteiger partial charge in [-0.3, -0.25) is 14.5 Å². The van der Waals surface area contributed by atoms with E-state index in [1.54, 1.807) is 21.1 Å². The molecule has 0 aliphatic carbocycles. The first-order chi connectivity index (χ1) is 15.9. The topological polar surface area (TPSA) is 77.1 Å². The van der Waals surface area contributed by atoms with Gasteiger partial charge in [-0.05, 0) is 60.2 Å². The van der Waals surface area contributed by atoms with Gasteiger partial charge < -0.3 is 19.5 Å². The number of hydrogen-bond donors (Lipinski definition) is 1. The molecular formula is C26H34N2O5. The summed E-state index contributed by atoms with van der Waals surface area (Å²) in [6.45, 7) is 7.19. The number of nitrogens with one attached hydrogen (secondary N) is 1. The van der Waals surface area contributed by atoms with Crippen molar-refractivity contribution in [1.29, 1.82) is 0 Å². The zero-order chi connectivity index (χ0) is 24.0. The first-order valence-electron chi connectivity index (χ1n) is 11.4. The Balaban J connectivity index is 1.81. The van der Waals surface area contributed by atoms with Crippen molar-refractivity contribution in [2.45, 2.75) is 45.6 Å². The van der Waals surface area contributed by atoms with E-state index in [0.717, 1.165) is 23.2 Å². The molecular weight excluding hydrogens is 420 g/mol. The maximum absolute atomic E-state index is 12.9. The highest BCUT2D eigenvalue weighted by Gasteiger charge is 2.32. The number of carbonyl (C=O) groups excluding carboxylic acids is 2. The first-order valence-corrected chi connectivity index (χ1v) is 11.4. The molecule has 0 aromatic heterocycles. The van der Waals surface area contributed by atoms with Crippen LogP contribution in [0.2, 0.25) is 0 Å². The summed E-state index contributed by atoms with van der Waals surface area (Å²) in [6, 6.07) is 11.5. The molecule has 178 valence electrons. The number of rotatable bonds is 9. The first kappa shape index (κ1) is 24.6. The van der Waals surface area contributed by atoms with Crippen LogP contribution in [0, 0.1) is 0 Å². The predicted molar refractivity (Wildman–Crippen MR) is 128 cm³/mol. The van der Waals surface area contributed by atoms with Crippen LogP contribution in [0.3, 0.4) is 0 Å². The number of amides is 1. The van der Waals surface area contributed by atoms with Crippen molar-refractivity contribution in [3.63, 3.8) is 0 Å². The zero-order valence-corrected chi connectivity index (χ0v) is 20.1. The lowest BCUT2D eigenvalue weighted by atomic mass is 9.90. The van der Waals surface area contributed by atoms with Gasteiger partial charge in [0.05, 0.1) is 33.8 Å². The zero-order valence-electron chi connectivity index (χ0n) is 20.1. The van der Waals surface area contributed by atoms with Gasteiger partial charge >= 0.3 is 5.97 Å². The summed E-state index contributed by atoms with van der Waals surface area (Å²) >= 11 is 0. The second-order valence-corrected chi connectivity index (χ2v) is 8.48. The average Bonchev–Trinajstić information content (AvgIpc) is 2.80. The summed E-state index contributed by atoms with van der Waals surface area (Å²) in [5.74, 6) is 1.27. The summed E-state index contributed by atoms with van der Waals surface area (Å²) in [4.78, 5) is 27.3. The Hall–Kier alpha value is -3.06.